The Bertz CT molecular complexity index is 2300. The number of pyridine rings is 1. The van der Waals surface area contributed by atoms with Crippen molar-refractivity contribution in [2.24, 2.45) is 11.1 Å². The average Bonchev–Trinajstić information content (AvgIpc) is 3.78. The summed E-state index contributed by atoms with van der Waals surface area (Å²) in [7, 11) is -3.29. The van der Waals surface area contributed by atoms with Gasteiger partial charge in [-0.3, -0.25) is 4.90 Å². The molecule has 0 amide bonds. The van der Waals surface area contributed by atoms with E-state index in [9.17, 15) is 13.7 Å². The van der Waals surface area contributed by atoms with E-state index in [1.807, 2.05) is 17.9 Å². The first kappa shape index (κ1) is 35.8. The number of benzene rings is 1. The number of thioether (sulfide) groups is 1. The molecule has 1 aliphatic carbocycles. The lowest BCUT2D eigenvalue weighted by molar-refractivity contribution is 0.108. The lowest BCUT2D eigenvalue weighted by atomic mass is 9.70. The molecule has 1 aromatic carbocycles. The van der Waals surface area contributed by atoms with Crippen LogP contribution in [0.5, 0.6) is 11.8 Å². The Morgan fingerprint density at radius 3 is 2.85 bits per heavy atom. The number of nitrogens with two attached hydrogens (primary N) is 2. The van der Waals surface area contributed by atoms with Gasteiger partial charge in [0.05, 0.1) is 49.8 Å². The van der Waals surface area contributed by atoms with Crippen LogP contribution < -0.4 is 25.8 Å². The fraction of sp³-hybridized carbons (Fsp3) is 0.444. The van der Waals surface area contributed by atoms with Gasteiger partial charge in [-0.05, 0) is 50.9 Å². The third kappa shape index (κ3) is 5.53. The van der Waals surface area contributed by atoms with Crippen LogP contribution in [-0.4, -0.2) is 77.7 Å². The highest BCUT2D eigenvalue weighted by Crippen LogP contribution is 2.61. The minimum Gasteiger partial charge on any atom is -0.489 e. The lowest BCUT2D eigenvalue weighted by Gasteiger charge is -2.33. The van der Waals surface area contributed by atoms with Gasteiger partial charge in [0, 0.05) is 35.5 Å². The second-order valence-electron chi connectivity index (χ2n) is 14.1. The van der Waals surface area contributed by atoms with Crippen molar-refractivity contribution in [1.82, 2.24) is 19.9 Å². The molecule has 12 nitrogen and oxygen atoms in total. The molecule has 278 valence electrons. The Hall–Kier alpha value is -4.17. The fourth-order valence-corrected chi connectivity index (χ4v) is 11.5. The molecule has 5 atom stereocenters. The number of hydrogen-bond donors (Lipinski definition) is 2. The maximum atomic E-state index is 17.5. The van der Waals surface area contributed by atoms with E-state index in [-0.39, 0.29) is 74.5 Å². The first-order valence-electron chi connectivity index (χ1n) is 17.4. The molecule has 53 heavy (non-hydrogen) atoms. The number of hydrogen-bond acceptors (Lipinski definition) is 13. The molecular weight excluding hydrogens is 746 g/mol. The molecule has 6 heterocycles. The normalized spacial score (nSPS) is 27.2. The molecule has 1 unspecified atom stereocenters. The third-order valence-electron chi connectivity index (χ3n) is 11.4. The van der Waals surface area contributed by atoms with Gasteiger partial charge < -0.3 is 25.8 Å². The van der Waals surface area contributed by atoms with Crippen LogP contribution in [0.3, 0.4) is 0 Å². The van der Waals surface area contributed by atoms with Crippen molar-refractivity contribution in [2.75, 3.05) is 49.2 Å². The second-order valence-corrected chi connectivity index (χ2v) is 18.1. The Balaban J connectivity index is 1.29. The van der Waals surface area contributed by atoms with Crippen LogP contribution in [0.25, 0.3) is 10.9 Å². The summed E-state index contributed by atoms with van der Waals surface area (Å²) in [5.41, 5.74) is 10.6. The summed E-state index contributed by atoms with van der Waals surface area (Å²) in [5.74, 6) is -1.83. The minimum atomic E-state index is -3.29. The summed E-state index contributed by atoms with van der Waals surface area (Å²) in [6, 6.07) is 5.26. The molecule has 0 spiro atoms. The molecule has 2 saturated heterocycles. The van der Waals surface area contributed by atoms with Gasteiger partial charge in [-0.2, -0.15) is 15.2 Å². The molecule has 0 bridgehead atoms. The molecule has 3 aromatic rings. The van der Waals surface area contributed by atoms with Crippen LogP contribution in [0.1, 0.15) is 56.2 Å². The Morgan fingerprint density at radius 2 is 2.09 bits per heavy atom. The standard InChI is InChI=1S/C36H37ClF2N8O4S2/c1-3-53(48,49)20-14-35(9-5-11-46(35)16-20)18-51-34-44-29-26-30(50-13-12-47(33(26)45-34)19(2)21-6-4-10-43-32(21)42)27(37)25(28(29)39)22-7-8-23(38)31-36(22,17-40)15-24(41)52-31/h4,6-8,10,15,19-20,22H,3,5,9,11-14,16,18,41H2,1-2H3,(H2,42,43)/t19-,20+,22?,35+,36+/m1/s1. The number of allylic oxidation sites excluding steroid dienone is 5. The maximum absolute atomic E-state index is 17.5. The third-order valence-corrected chi connectivity index (χ3v) is 15.0. The molecule has 5 aliphatic rings. The van der Waals surface area contributed by atoms with Crippen molar-refractivity contribution in [3.05, 3.63) is 74.3 Å². The van der Waals surface area contributed by atoms with Crippen molar-refractivity contribution in [3.8, 4) is 17.8 Å². The molecular formula is C36H37ClF2N8O4S2. The maximum Gasteiger partial charge on any atom is 0.319 e. The van der Waals surface area contributed by atoms with Crippen LogP contribution in [-0.2, 0) is 9.84 Å². The van der Waals surface area contributed by atoms with Crippen LogP contribution in [0.4, 0.5) is 20.4 Å². The number of ether oxygens (including phenoxy) is 2. The van der Waals surface area contributed by atoms with E-state index in [4.69, 9.17) is 37.5 Å². The number of nitrogens with zero attached hydrogens (tertiary/aromatic N) is 6. The molecule has 2 aromatic heterocycles. The van der Waals surface area contributed by atoms with Crippen molar-refractivity contribution in [2.45, 2.75) is 55.9 Å². The van der Waals surface area contributed by atoms with E-state index in [0.29, 0.717) is 24.3 Å². The van der Waals surface area contributed by atoms with E-state index >= 15 is 8.78 Å². The predicted octanol–water partition coefficient (Wildman–Crippen LogP) is 5.67. The number of fused-ring (bicyclic) bond motifs is 2. The lowest BCUT2D eigenvalue weighted by Crippen LogP contribution is -2.43. The van der Waals surface area contributed by atoms with E-state index in [1.54, 1.807) is 19.2 Å². The molecule has 4 N–H and O–H groups in total. The molecule has 8 rings (SSSR count). The van der Waals surface area contributed by atoms with Gasteiger partial charge in [0.25, 0.3) is 0 Å². The van der Waals surface area contributed by atoms with Gasteiger partial charge >= 0.3 is 6.01 Å². The van der Waals surface area contributed by atoms with Gasteiger partial charge in [0.15, 0.2) is 21.4 Å². The van der Waals surface area contributed by atoms with Gasteiger partial charge in [0.2, 0.25) is 0 Å². The zero-order chi connectivity index (χ0) is 37.4. The number of aromatic nitrogens is 3. The monoisotopic (exact) mass is 782 g/mol. The first-order chi connectivity index (χ1) is 25.3. The highest BCUT2D eigenvalue weighted by molar-refractivity contribution is 8.07. The van der Waals surface area contributed by atoms with Crippen LogP contribution in [0.2, 0.25) is 5.02 Å². The number of sulfone groups is 1. The van der Waals surface area contributed by atoms with Gasteiger partial charge in [-0.25, -0.2) is 22.2 Å². The number of halogens is 3. The number of anilines is 2. The minimum absolute atomic E-state index is 0.0501. The van der Waals surface area contributed by atoms with Gasteiger partial charge in [-0.1, -0.05) is 42.4 Å². The SMILES string of the molecule is CCS(=O)(=O)[C@@H]1CN2CCC[C@@]2(COc2nc3c4c(c(Cl)c(C5C=CC(F)=C6SC(N)=C[C@@]65C#N)c(F)c4n2)OCCN3[C@H](C)c2cccnc2N)C1. The molecule has 17 heteroatoms. The van der Waals surface area contributed by atoms with Gasteiger partial charge in [0.1, 0.15) is 41.6 Å². The van der Waals surface area contributed by atoms with Crippen molar-refractivity contribution < 1.29 is 26.7 Å². The Morgan fingerprint density at radius 1 is 1.28 bits per heavy atom. The van der Waals surface area contributed by atoms with Crippen molar-refractivity contribution >= 4 is 55.7 Å². The number of nitrogen functional groups attached to an aromatic ring is 1. The molecule has 0 radical (unpaired) electrons. The Labute approximate surface area is 314 Å². The fourth-order valence-electron chi connectivity index (χ4n) is 8.64. The summed E-state index contributed by atoms with van der Waals surface area (Å²) in [6.07, 6.45) is 7.64. The Kier molecular flexibility index (Phi) is 8.79. The summed E-state index contributed by atoms with van der Waals surface area (Å²) >= 11 is 8.02. The quantitative estimate of drug-likeness (QED) is 0.286. The smallest absolute Gasteiger partial charge is 0.319 e. The number of rotatable bonds is 8. The topological polar surface area (TPSA) is 174 Å². The highest BCUT2D eigenvalue weighted by atomic mass is 35.5. The molecule has 0 saturated carbocycles. The van der Waals surface area contributed by atoms with Crippen molar-refractivity contribution in [3.63, 3.8) is 0 Å². The highest BCUT2D eigenvalue weighted by Gasteiger charge is 2.53. The zero-order valence-corrected chi connectivity index (χ0v) is 31.4. The van der Waals surface area contributed by atoms with E-state index in [2.05, 4.69) is 20.9 Å². The van der Waals surface area contributed by atoms with E-state index in [1.165, 1.54) is 18.2 Å². The van der Waals surface area contributed by atoms with Crippen LogP contribution in [0, 0.1) is 22.6 Å². The van der Waals surface area contributed by atoms with Crippen molar-refractivity contribution in [1.29, 1.82) is 5.26 Å². The van der Waals surface area contributed by atoms with E-state index in [0.717, 1.165) is 31.1 Å². The molecule has 4 aliphatic heterocycles. The average molecular weight is 783 g/mol. The largest absolute Gasteiger partial charge is 0.489 e. The first-order valence-corrected chi connectivity index (χ1v) is 20.3. The van der Waals surface area contributed by atoms with Gasteiger partial charge in [-0.15, -0.1) is 0 Å². The summed E-state index contributed by atoms with van der Waals surface area (Å²) in [6.45, 7) is 5.20. The predicted molar refractivity (Wildman–Crippen MR) is 199 cm³/mol. The summed E-state index contributed by atoms with van der Waals surface area (Å²) in [4.78, 5) is 17.9. The molecule has 2 fully saturated rings. The number of nitriles is 1. The summed E-state index contributed by atoms with van der Waals surface area (Å²) < 4.78 is 71.2. The van der Waals surface area contributed by atoms with Crippen LogP contribution in [0.15, 0.2) is 52.3 Å². The van der Waals surface area contributed by atoms with Crippen LogP contribution >= 0.6 is 23.4 Å². The second kappa shape index (κ2) is 13.0. The van der Waals surface area contributed by atoms with E-state index < -0.39 is 49.6 Å². The summed E-state index contributed by atoms with van der Waals surface area (Å²) in [5, 5.41) is 10.3. The zero-order valence-electron chi connectivity index (χ0n) is 29.0.